The van der Waals surface area contributed by atoms with E-state index in [0.29, 0.717) is 5.76 Å². The van der Waals surface area contributed by atoms with Crippen molar-refractivity contribution in [1.82, 2.24) is 18.4 Å². The molecule has 7 nitrogen and oxygen atoms in total. The Hall–Kier alpha value is -1.64. The molecule has 0 unspecified atom stereocenters. The number of fused-ring (bicyclic) bond motifs is 1. The topological polar surface area (TPSA) is 71.6 Å². The number of furan rings is 1. The Morgan fingerprint density at radius 2 is 2.09 bits per heavy atom. The van der Waals surface area contributed by atoms with Gasteiger partial charge in [0.1, 0.15) is 5.76 Å². The highest BCUT2D eigenvalue weighted by atomic mass is 32.2. The van der Waals surface area contributed by atoms with Gasteiger partial charge in [0, 0.05) is 26.8 Å². The fourth-order valence-electron chi connectivity index (χ4n) is 3.02. The van der Waals surface area contributed by atoms with Gasteiger partial charge in [0.2, 0.25) is 0 Å². The van der Waals surface area contributed by atoms with E-state index in [1.54, 1.807) is 18.4 Å². The van der Waals surface area contributed by atoms with E-state index < -0.39 is 10.2 Å². The van der Waals surface area contributed by atoms with Crippen molar-refractivity contribution >= 4 is 10.2 Å². The van der Waals surface area contributed by atoms with Crippen LogP contribution in [0.3, 0.4) is 0 Å². The van der Waals surface area contributed by atoms with E-state index >= 15 is 0 Å². The van der Waals surface area contributed by atoms with Gasteiger partial charge in [0.15, 0.2) is 0 Å². The van der Waals surface area contributed by atoms with Crippen LogP contribution in [0.4, 0.5) is 0 Å². The van der Waals surface area contributed by atoms with Crippen molar-refractivity contribution in [2.24, 2.45) is 7.05 Å². The first-order chi connectivity index (χ1) is 10.9. The van der Waals surface area contributed by atoms with Crippen molar-refractivity contribution in [3.63, 3.8) is 0 Å². The molecule has 2 aromatic rings. The summed E-state index contributed by atoms with van der Waals surface area (Å²) in [6.07, 6.45) is 4.63. The van der Waals surface area contributed by atoms with E-state index in [4.69, 9.17) is 4.42 Å². The van der Waals surface area contributed by atoms with Gasteiger partial charge in [-0.25, -0.2) is 0 Å². The number of aryl methyl sites for hydroxylation is 1. The zero-order chi connectivity index (χ0) is 16.6. The van der Waals surface area contributed by atoms with Crippen LogP contribution in [-0.2, 0) is 43.2 Å². The van der Waals surface area contributed by atoms with E-state index in [2.05, 4.69) is 5.10 Å². The highest BCUT2D eigenvalue weighted by molar-refractivity contribution is 7.86. The zero-order valence-corrected chi connectivity index (χ0v) is 14.5. The number of hydrogen-bond donors (Lipinski definition) is 0. The van der Waals surface area contributed by atoms with Crippen LogP contribution in [0, 0.1) is 0 Å². The Bertz CT molecular complexity index is 778. The SMILES string of the molecule is CN(C)S(=O)(=O)N(Cc1ccco1)Cc1nn(C)c2c1CCC2. The molecule has 1 aliphatic rings. The van der Waals surface area contributed by atoms with Crippen LogP contribution < -0.4 is 0 Å². The van der Waals surface area contributed by atoms with E-state index in [-0.39, 0.29) is 13.1 Å². The normalized spacial score (nSPS) is 14.8. The minimum atomic E-state index is -3.56. The first-order valence-corrected chi connectivity index (χ1v) is 9.03. The van der Waals surface area contributed by atoms with Crippen molar-refractivity contribution in [3.05, 3.63) is 41.1 Å². The molecule has 3 rings (SSSR count). The largest absolute Gasteiger partial charge is 0.468 e. The van der Waals surface area contributed by atoms with Crippen LogP contribution in [0.25, 0.3) is 0 Å². The maximum atomic E-state index is 12.6. The van der Waals surface area contributed by atoms with Crippen LogP contribution >= 0.6 is 0 Å². The van der Waals surface area contributed by atoms with Gasteiger partial charge in [-0.2, -0.15) is 22.1 Å². The Morgan fingerprint density at radius 3 is 2.74 bits per heavy atom. The summed E-state index contributed by atoms with van der Waals surface area (Å²) in [6, 6.07) is 3.54. The molecule has 126 valence electrons. The van der Waals surface area contributed by atoms with Crippen molar-refractivity contribution in [2.75, 3.05) is 14.1 Å². The molecule has 0 N–H and O–H groups in total. The first-order valence-electron chi connectivity index (χ1n) is 7.63. The van der Waals surface area contributed by atoms with Crippen LogP contribution in [0.2, 0.25) is 0 Å². The average Bonchev–Trinajstić information content (AvgIpc) is 3.19. The van der Waals surface area contributed by atoms with Gasteiger partial charge in [-0.3, -0.25) is 4.68 Å². The third-order valence-corrected chi connectivity index (χ3v) is 6.06. The molecule has 0 aromatic carbocycles. The van der Waals surface area contributed by atoms with Gasteiger partial charge in [-0.05, 0) is 37.0 Å². The summed E-state index contributed by atoms with van der Waals surface area (Å²) in [5.74, 6) is 0.614. The first kappa shape index (κ1) is 16.2. The lowest BCUT2D eigenvalue weighted by atomic mass is 10.2. The van der Waals surface area contributed by atoms with E-state index in [1.807, 2.05) is 11.7 Å². The molecule has 2 aromatic heterocycles. The second kappa shape index (κ2) is 6.10. The van der Waals surface area contributed by atoms with Gasteiger partial charge < -0.3 is 4.42 Å². The molecule has 23 heavy (non-hydrogen) atoms. The molecule has 2 heterocycles. The van der Waals surface area contributed by atoms with Crippen LogP contribution in [0.15, 0.2) is 22.8 Å². The molecule has 0 bridgehead atoms. The zero-order valence-electron chi connectivity index (χ0n) is 13.7. The molecule has 1 aliphatic carbocycles. The second-order valence-corrected chi connectivity index (χ2v) is 8.13. The van der Waals surface area contributed by atoms with Gasteiger partial charge in [0.25, 0.3) is 10.2 Å². The highest BCUT2D eigenvalue weighted by Crippen LogP contribution is 2.27. The number of nitrogens with zero attached hydrogens (tertiary/aromatic N) is 4. The fraction of sp³-hybridized carbons (Fsp3) is 0.533. The van der Waals surface area contributed by atoms with Crippen LogP contribution in [0.1, 0.15) is 29.1 Å². The highest BCUT2D eigenvalue weighted by Gasteiger charge is 2.29. The van der Waals surface area contributed by atoms with Gasteiger partial charge >= 0.3 is 0 Å². The van der Waals surface area contributed by atoms with Crippen molar-refractivity contribution in [2.45, 2.75) is 32.4 Å². The summed E-state index contributed by atoms with van der Waals surface area (Å²) in [6.45, 7) is 0.448. The molecule has 0 radical (unpaired) electrons. The van der Waals surface area contributed by atoms with E-state index in [9.17, 15) is 8.42 Å². The molecular formula is C15H22N4O3S. The predicted octanol–water partition coefficient (Wildman–Crippen LogP) is 1.31. The minimum absolute atomic E-state index is 0.193. The maximum Gasteiger partial charge on any atom is 0.282 e. The molecule has 0 spiro atoms. The third-order valence-electron chi connectivity index (χ3n) is 4.22. The van der Waals surface area contributed by atoms with Crippen LogP contribution in [-0.4, -0.2) is 40.9 Å². The van der Waals surface area contributed by atoms with Gasteiger partial charge in [-0.15, -0.1) is 0 Å². The lowest BCUT2D eigenvalue weighted by molar-refractivity contribution is 0.331. The molecule has 0 atom stereocenters. The third kappa shape index (κ3) is 3.06. The molecule has 0 saturated heterocycles. The predicted molar refractivity (Wildman–Crippen MR) is 85.8 cm³/mol. The molecule has 0 fully saturated rings. The lowest BCUT2D eigenvalue weighted by Crippen LogP contribution is -2.39. The van der Waals surface area contributed by atoms with Crippen molar-refractivity contribution in [1.29, 1.82) is 0 Å². The van der Waals surface area contributed by atoms with Gasteiger partial charge in [0.05, 0.1) is 25.0 Å². The molecule has 0 amide bonds. The average molecular weight is 338 g/mol. The van der Waals surface area contributed by atoms with Crippen molar-refractivity contribution < 1.29 is 12.8 Å². The summed E-state index contributed by atoms with van der Waals surface area (Å²) >= 11 is 0. The Morgan fingerprint density at radius 1 is 1.30 bits per heavy atom. The van der Waals surface area contributed by atoms with Crippen LogP contribution in [0.5, 0.6) is 0 Å². The summed E-state index contributed by atoms with van der Waals surface area (Å²) < 4.78 is 35.1. The number of rotatable bonds is 6. The van der Waals surface area contributed by atoms with Gasteiger partial charge in [-0.1, -0.05) is 0 Å². The quantitative estimate of drug-likeness (QED) is 0.796. The summed E-state index contributed by atoms with van der Waals surface area (Å²) in [5.41, 5.74) is 3.27. The Balaban J connectivity index is 1.91. The minimum Gasteiger partial charge on any atom is -0.468 e. The maximum absolute atomic E-state index is 12.6. The fourth-order valence-corrected chi connectivity index (χ4v) is 4.06. The lowest BCUT2D eigenvalue weighted by Gasteiger charge is -2.24. The Labute approximate surface area is 136 Å². The number of aromatic nitrogens is 2. The standard InChI is InChI=1S/C15H22N4O3S/c1-17(2)23(20,21)19(10-12-6-5-9-22-12)11-14-13-7-4-8-15(13)18(3)16-14/h5-6,9H,4,7-8,10-11H2,1-3H3. The monoisotopic (exact) mass is 338 g/mol. The smallest absolute Gasteiger partial charge is 0.282 e. The van der Waals surface area contributed by atoms with E-state index in [0.717, 1.165) is 25.0 Å². The van der Waals surface area contributed by atoms with E-state index in [1.165, 1.54) is 34.0 Å². The summed E-state index contributed by atoms with van der Waals surface area (Å²) in [7, 11) is 1.43. The molecule has 0 aliphatic heterocycles. The summed E-state index contributed by atoms with van der Waals surface area (Å²) in [4.78, 5) is 0. The molecule has 0 saturated carbocycles. The summed E-state index contributed by atoms with van der Waals surface area (Å²) in [5, 5.41) is 4.54. The molecular weight excluding hydrogens is 316 g/mol. The number of hydrogen-bond acceptors (Lipinski definition) is 4. The van der Waals surface area contributed by atoms with Crippen molar-refractivity contribution in [3.8, 4) is 0 Å². The molecule has 8 heteroatoms. The second-order valence-electron chi connectivity index (χ2n) is 5.99. The Kier molecular flexibility index (Phi) is 4.31.